The van der Waals surface area contributed by atoms with Gasteiger partial charge in [-0.2, -0.15) is 4.98 Å². The second-order valence-electron chi connectivity index (χ2n) is 7.25. The molecule has 1 fully saturated rings. The average molecular weight is 375 g/mol. The Kier molecular flexibility index (Phi) is 4.09. The molecular formula is C21H21N5O2. The van der Waals surface area contributed by atoms with Gasteiger partial charge in [-0.15, -0.1) is 0 Å². The van der Waals surface area contributed by atoms with Crippen LogP contribution >= 0.6 is 0 Å². The first-order valence-electron chi connectivity index (χ1n) is 9.50. The molecular weight excluding hydrogens is 354 g/mol. The monoisotopic (exact) mass is 375 g/mol. The molecule has 4 aromatic rings. The predicted molar refractivity (Wildman–Crippen MR) is 109 cm³/mol. The Morgan fingerprint density at radius 1 is 1.04 bits per heavy atom. The molecule has 142 valence electrons. The lowest BCUT2D eigenvalue weighted by molar-refractivity contribution is 0.360. The maximum atomic E-state index is 12.6. The molecule has 7 heteroatoms. The fourth-order valence-electron chi connectivity index (χ4n) is 3.68. The summed E-state index contributed by atoms with van der Waals surface area (Å²) >= 11 is 0. The number of likely N-dealkylation sites (N-methyl/N-ethyl adjacent to an activating group) is 1. The lowest BCUT2D eigenvalue weighted by Crippen LogP contribution is -2.29. The SMILES string of the molecule is CN1CCCN(c2ccc3cc(-c4cn5ccccc5n4)c(=O)oc3n2)CC1. The zero-order valence-electron chi connectivity index (χ0n) is 15.7. The molecule has 1 saturated heterocycles. The molecule has 0 spiro atoms. The summed E-state index contributed by atoms with van der Waals surface area (Å²) in [6.45, 7) is 3.95. The largest absolute Gasteiger partial charge is 0.403 e. The highest BCUT2D eigenvalue weighted by Crippen LogP contribution is 2.23. The fraction of sp³-hybridized carbons (Fsp3) is 0.286. The Morgan fingerprint density at radius 2 is 1.96 bits per heavy atom. The summed E-state index contributed by atoms with van der Waals surface area (Å²) in [4.78, 5) is 26.3. The molecule has 0 unspecified atom stereocenters. The van der Waals surface area contributed by atoms with Crippen molar-refractivity contribution in [2.24, 2.45) is 0 Å². The second-order valence-corrected chi connectivity index (χ2v) is 7.25. The van der Waals surface area contributed by atoms with Crippen LogP contribution in [0, 0.1) is 0 Å². The minimum absolute atomic E-state index is 0.368. The highest BCUT2D eigenvalue weighted by atomic mass is 16.4. The van der Waals surface area contributed by atoms with Gasteiger partial charge < -0.3 is 18.6 Å². The van der Waals surface area contributed by atoms with Gasteiger partial charge in [0, 0.05) is 37.4 Å². The normalized spacial score (nSPS) is 16.0. The molecule has 0 saturated carbocycles. The number of hydrogen-bond donors (Lipinski definition) is 0. The molecule has 0 radical (unpaired) electrons. The molecule has 5 rings (SSSR count). The molecule has 5 heterocycles. The van der Waals surface area contributed by atoms with Crippen molar-refractivity contribution in [2.45, 2.75) is 6.42 Å². The van der Waals surface area contributed by atoms with Crippen LogP contribution in [0.1, 0.15) is 6.42 Å². The summed E-state index contributed by atoms with van der Waals surface area (Å²) in [5.41, 5.74) is 1.78. The van der Waals surface area contributed by atoms with E-state index < -0.39 is 5.63 Å². The number of pyridine rings is 2. The first kappa shape index (κ1) is 16.9. The Hall–Kier alpha value is -3.19. The molecule has 7 nitrogen and oxygen atoms in total. The number of rotatable bonds is 2. The van der Waals surface area contributed by atoms with Gasteiger partial charge in [0.25, 0.3) is 0 Å². The Balaban J connectivity index is 1.53. The summed E-state index contributed by atoms with van der Waals surface area (Å²) in [5, 5.41) is 0.794. The zero-order chi connectivity index (χ0) is 19.1. The molecule has 4 aromatic heterocycles. The maximum absolute atomic E-state index is 12.6. The van der Waals surface area contributed by atoms with Crippen molar-refractivity contribution in [3.8, 4) is 11.3 Å². The van der Waals surface area contributed by atoms with Crippen molar-refractivity contribution in [3.63, 3.8) is 0 Å². The molecule has 0 atom stereocenters. The molecule has 0 aromatic carbocycles. The van der Waals surface area contributed by atoms with Crippen molar-refractivity contribution in [1.82, 2.24) is 19.3 Å². The molecule has 1 aliphatic rings. The van der Waals surface area contributed by atoms with E-state index in [0.717, 1.165) is 49.5 Å². The van der Waals surface area contributed by atoms with Gasteiger partial charge in [-0.3, -0.25) is 0 Å². The smallest absolute Gasteiger partial charge is 0.347 e. The molecule has 28 heavy (non-hydrogen) atoms. The Bertz CT molecular complexity index is 1180. The average Bonchev–Trinajstić information content (AvgIpc) is 3.01. The maximum Gasteiger partial charge on any atom is 0.347 e. The molecule has 1 aliphatic heterocycles. The summed E-state index contributed by atoms with van der Waals surface area (Å²) in [5.74, 6) is 0.853. The Morgan fingerprint density at radius 3 is 2.86 bits per heavy atom. The number of hydrogen-bond acceptors (Lipinski definition) is 6. The van der Waals surface area contributed by atoms with Gasteiger partial charge in [0.15, 0.2) is 0 Å². The van der Waals surface area contributed by atoms with Crippen LogP contribution in [0.3, 0.4) is 0 Å². The quantitative estimate of drug-likeness (QED) is 0.537. The predicted octanol–water partition coefficient (Wildman–Crippen LogP) is 2.64. The van der Waals surface area contributed by atoms with E-state index in [0.29, 0.717) is 17.0 Å². The van der Waals surface area contributed by atoms with Gasteiger partial charge in [-0.05, 0) is 50.3 Å². The number of anilines is 1. The standard InChI is InChI=1S/C21H21N5O2/c1-24-8-4-10-25(12-11-24)19-7-6-15-13-16(21(27)28-20(15)23-19)17-14-26-9-3-2-5-18(26)22-17/h2-3,5-7,9,13-14H,4,8,10-12H2,1H3. The van der Waals surface area contributed by atoms with Crippen LogP contribution in [0.5, 0.6) is 0 Å². The van der Waals surface area contributed by atoms with Crippen molar-refractivity contribution in [2.75, 3.05) is 38.1 Å². The van der Waals surface area contributed by atoms with Gasteiger partial charge in [0.05, 0.1) is 11.3 Å². The van der Waals surface area contributed by atoms with Gasteiger partial charge in [-0.25, -0.2) is 9.78 Å². The van der Waals surface area contributed by atoms with Crippen molar-refractivity contribution < 1.29 is 4.42 Å². The number of aromatic nitrogens is 3. The van der Waals surface area contributed by atoms with E-state index in [1.807, 2.05) is 53.2 Å². The van der Waals surface area contributed by atoms with Gasteiger partial charge in [-0.1, -0.05) is 6.07 Å². The van der Waals surface area contributed by atoms with Crippen LogP contribution in [0.4, 0.5) is 5.82 Å². The third kappa shape index (κ3) is 3.03. The van der Waals surface area contributed by atoms with E-state index in [-0.39, 0.29) is 0 Å². The van der Waals surface area contributed by atoms with Crippen molar-refractivity contribution in [1.29, 1.82) is 0 Å². The lowest BCUT2D eigenvalue weighted by atomic mass is 10.2. The first-order chi connectivity index (χ1) is 13.7. The van der Waals surface area contributed by atoms with Crippen LogP contribution in [0.2, 0.25) is 0 Å². The van der Waals surface area contributed by atoms with E-state index in [1.165, 1.54) is 0 Å². The highest BCUT2D eigenvalue weighted by molar-refractivity contribution is 5.80. The molecule has 0 amide bonds. The summed E-state index contributed by atoms with van der Waals surface area (Å²) in [7, 11) is 2.14. The number of imidazole rings is 1. The van der Waals surface area contributed by atoms with Gasteiger partial charge in [0.1, 0.15) is 11.5 Å². The zero-order valence-corrected chi connectivity index (χ0v) is 15.7. The van der Waals surface area contributed by atoms with Crippen LogP contribution in [-0.4, -0.2) is 52.5 Å². The minimum atomic E-state index is -0.420. The van der Waals surface area contributed by atoms with Crippen LogP contribution in [0.25, 0.3) is 28.0 Å². The molecule has 0 N–H and O–H groups in total. The number of fused-ring (bicyclic) bond motifs is 2. The van der Waals surface area contributed by atoms with E-state index >= 15 is 0 Å². The number of nitrogens with zero attached hydrogens (tertiary/aromatic N) is 5. The minimum Gasteiger partial charge on any atom is -0.403 e. The molecule has 0 aliphatic carbocycles. The topological polar surface area (TPSA) is 66.9 Å². The van der Waals surface area contributed by atoms with E-state index in [4.69, 9.17) is 4.42 Å². The summed E-state index contributed by atoms with van der Waals surface area (Å²) < 4.78 is 7.46. The Labute approximate surface area is 161 Å². The van der Waals surface area contributed by atoms with E-state index in [2.05, 4.69) is 26.8 Å². The van der Waals surface area contributed by atoms with Crippen LogP contribution in [-0.2, 0) is 0 Å². The van der Waals surface area contributed by atoms with Gasteiger partial charge in [0.2, 0.25) is 5.71 Å². The van der Waals surface area contributed by atoms with Gasteiger partial charge >= 0.3 is 5.63 Å². The van der Waals surface area contributed by atoms with Crippen molar-refractivity contribution >= 4 is 22.6 Å². The summed E-state index contributed by atoms with van der Waals surface area (Å²) in [6, 6.07) is 11.5. The van der Waals surface area contributed by atoms with E-state index in [1.54, 1.807) is 0 Å². The van der Waals surface area contributed by atoms with E-state index in [9.17, 15) is 4.79 Å². The lowest BCUT2D eigenvalue weighted by Gasteiger charge is -2.21. The molecule has 0 bridgehead atoms. The first-order valence-corrected chi connectivity index (χ1v) is 9.50. The van der Waals surface area contributed by atoms with Crippen molar-refractivity contribution in [3.05, 3.63) is 59.2 Å². The third-order valence-corrected chi connectivity index (χ3v) is 5.27. The van der Waals surface area contributed by atoms with Crippen LogP contribution in [0.15, 0.2) is 58.0 Å². The van der Waals surface area contributed by atoms with Crippen LogP contribution < -0.4 is 10.5 Å². The third-order valence-electron chi connectivity index (χ3n) is 5.27. The summed E-state index contributed by atoms with van der Waals surface area (Å²) in [6.07, 6.45) is 4.83. The highest BCUT2D eigenvalue weighted by Gasteiger charge is 2.16. The second kappa shape index (κ2) is 6.76. The fourth-order valence-corrected chi connectivity index (χ4v) is 3.68.